The fraction of sp³-hybridized carbons (Fsp3) is 0.150. The van der Waals surface area contributed by atoms with E-state index in [2.05, 4.69) is 32.9 Å². The van der Waals surface area contributed by atoms with E-state index in [1.54, 1.807) is 0 Å². The Labute approximate surface area is 168 Å². The van der Waals surface area contributed by atoms with Gasteiger partial charge in [0.05, 0.1) is 11.1 Å². The molecule has 0 aliphatic rings. The molecule has 7 heteroatoms. The van der Waals surface area contributed by atoms with Crippen molar-refractivity contribution in [2.24, 2.45) is 0 Å². The number of halogens is 1. The molecule has 0 spiro atoms. The van der Waals surface area contributed by atoms with Crippen LogP contribution in [0.25, 0.3) is 22.4 Å². The highest BCUT2D eigenvalue weighted by molar-refractivity contribution is 9.10. The van der Waals surface area contributed by atoms with Gasteiger partial charge in [0, 0.05) is 10.0 Å². The quantitative estimate of drug-likeness (QED) is 0.470. The number of benzene rings is 2. The molecule has 0 aliphatic heterocycles. The summed E-state index contributed by atoms with van der Waals surface area (Å²) in [5, 5.41) is 4.39. The summed E-state index contributed by atoms with van der Waals surface area (Å²) in [4.78, 5) is 17.7. The third kappa shape index (κ3) is 3.79. The summed E-state index contributed by atoms with van der Waals surface area (Å²) >= 11 is 4.75. The minimum absolute atomic E-state index is 0.153. The van der Waals surface area contributed by atoms with Crippen LogP contribution in [0.15, 0.2) is 57.8 Å². The summed E-state index contributed by atoms with van der Waals surface area (Å²) in [7, 11) is 0. The van der Waals surface area contributed by atoms with E-state index in [4.69, 9.17) is 4.74 Å². The zero-order chi connectivity index (χ0) is 18.8. The standard InChI is InChI=1S/C20H16BrN3O2S/c1-2-11-26-16-9-5-14(6-10-16)18-22-20-24(23-18)19(25)17(27-20)12-13-3-7-15(21)8-4-13/h3-10,12H,2,11H2,1H3/b17-12-. The maximum Gasteiger partial charge on any atom is 0.291 e. The van der Waals surface area contributed by atoms with Gasteiger partial charge in [0.25, 0.3) is 5.56 Å². The van der Waals surface area contributed by atoms with Crippen LogP contribution in [0.2, 0.25) is 0 Å². The number of fused-ring (bicyclic) bond motifs is 1. The molecule has 0 radical (unpaired) electrons. The van der Waals surface area contributed by atoms with Gasteiger partial charge in [-0.05, 0) is 54.5 Å². The van der Waals surface area contributed by atoms with Crippen molar-refractivity contribution >= 4 is 38.3 Å². The first-order chi connectivity index (χ1) is 13.1. The Bertz CT molecular complexity index is 1180. The molecule has 0 N–H and O–H groups in total. The molecular formula is C20H16BrN3O2S. The van der Waals surface area contributed by atoms with Crippen LogP contribution in [-0.4, -0.2) is 21.2 Å². The van der Waals surface area contributed by atoms with Gasteiger partial charge in [-0.15, -0.1) is 5.10 Å². The number of nitrogens with zero attached hydrogens (tertiary/aromatic N) is 3. The minimum atomic E-state index is -0.153. The number of aromatic nitrogens is 3. The third-order valence-corrected chi connectivity index (χ3v) is 5.42. The predicted octanol–water partition coefficient (Wildman–Crippen LogP) is 3.92. The van der Waals surface area contributed by atoms with Gasteiger partial charge in [0.2, 0.25) is 4.96 Å². The molecule has 2 heterocycles. The van der Waals surface area contributed by atoms with E-state index in [1.165, 1.54) is 15.9 Å². The van der Waals surface area contributed by atoms with E-state index in [9.17, 15) is 4.79 Å². The first kappa shape index (κ1) is 17.9. The Morgan fingerprint density at radius 2 is 1.89 bits per heavy atom. The van der Waals surface area contributed by atoms with Crippen LogP contribution in [0, 0.1) is 0 Å². The first-order valence-corrected chi connectivity index (χ1v) is 10.1. The van der Waals surface area contributed by atoms with Crippen molar-refractivity contribution in [1.82, 2.24) is 14.6 Å². The molecule has 0 unspecified atom stereocenters. The highest BCUT2D eigenvalue weighted by Crippen LogP contribution is 2.20. The van der Waals surface area contributed by atoms with Crippen LogP contribution < -0.4 is 14.8 Å². The summed E-state index contributed by atoms with van der Waals surface area (Å²) in [5.74, 6) is 1.35. The second-order valence-corrected chi connectivity index (χ2v) is 7.89. The second-order valence-electron chi connectivity index (χ2n) is 5.97. The lowest BCUT2D eigenvalue weighted by Gasteiger charge is -2.04. The average Bonchev–Trinajstić information content (AvgIpc) is 3.22. The molecule has 0 fully saturated rings. The molecule has 0 saturated heterocycles. The van der Waals surface area contributed by atoms with Gasteiger partial charge in [-0.3, -0.25) is 4.79 Å². The van der Waals surface area contributed by atoms with Crippen molar-refractivity contribution < 1.29 is 4.74 Å². The second kappa shape index (κ2) is 7.62. The van der Waals surface area contributed by atoms with E-state index in [-0.39, 0.29) is 5.56 Å². The van der Waals surface area contributed by atoms with Crippen LogP contribution >= 0.6 is 27.3 Å². The van der Waals surface area contributed by atoms with E-state index in [1.807, 2.05) is 54.6 Å². The average molecular weight is 442 g/mol. The molecule has 27 heavy (non-hydrogen) atoms. The van der Waals surface area contributed by atoms with Crippen molar-refractivity contribution in [1.29, 1.82) is 0 Å². The largest absolute Gasteiger partial charge is 0.494 e. The number of ether oxygens (including phenoxy) is 1. The fourth-order valence-electron chi connectivity index (χ4n) is 2.59. The Morgan fingerprint density at radius 3 is 2.56 bits per heavy atom. The Balaban J connectivity index is 1.66. The molecule has 0 atom stereocenters. The smallest absolute Gasteiger partial charge is 0.291 e. The zero-order valence-electron chi connectivity index (χ0n) is 14.6. The number of hydrogen-bond donors (Lipinski definition) is 0. The van der Waals surface area contributed by atoms with Crippen LogP contribution in [0.4, 0.5) is 0 Å². The molecule has 4 rings (SSSR count). The van der Waals surface area contributed by atoms with E-state index in [0.717, 1.165) is 27.8 Å². The Hall–Kier alpha value is -2.51. The fourth-order valence-corrected chi connectivity index (χ4v) is 3.76. The normalized spacial score (nSPS) is 12.0. The molecule has 2 aromatic heterocycles. The highest BCUT2D eigenvalue weighted by Gasteiger charge is 2.12. The summed E-state index contributed by atoms with van der Waals surface area (Å²) < 4.78 is 8.57. The summed E-state index contributed by atoms with van der Waals surface area (Å²) in [6.45, 7) is 2.76. The molecular weight excluding hydrogens is 426 g/mol. The highest BCUT2D eigenvalue weighted by atomic mass is 79.9. The van der Waals surface area contributed by atoms with Crippen molar-refractivity contribution in [3.63, 3.8) is 0 Å². The van der Waals surface area contributed by atoms with Gasteiger partial charge >= 0.3 is 0 Å². The molecule has 0 saturated carbocycles. The van der Waals surface area contributed by atoms with E-state index >= 15 is 0 Å². The Morgan fingerprint density at radius 1 is 1.15 bits per heavy atom. The molecule has 5 nitrogen and oxygen atoms in total. The maximum absolute atomic E-state index is 12.6. The van der Waals surface area contributed by atoms with Crippen LogP contribution in [-0.2, 0) is 0 Å². The van der Waals surface area contributed by atoms with Crippen LogP contribution in [0.5, 0.6) is 5.75 Å². The van der Waals surface area contributed by atoms with Crippen LogP contribution in [0.3, 0.4) is 0 Å². The van der Waals surface area contributed by atoms with Gasteiger partial charge in [-0.1, -0.05) is 46.3 Å². The summed E-state index contributed by atoms with van der Waals surface area (Å²) in [6.07, 6.45) is 2.82. The molecule has 0 aliphatic carbocycles. The van der Waals surface area contributed by atoms with E-state index in [0.29, 0.717) is 21.9 Å². The van der Waals surface area contributed by atoms with E-state index < -0.39 is 0 Å². The third-order valence-electron chi connectivity index (χ3n) is 3.93. The number of rotatable bonds is 5. The lowest BCUT2D eigenvalue weighted by Crippen LogP contribution is -2.23. The molecule has 136 valence electrons. The lowest BCUT2D eigenvalue weighted by atomic mass is 10.2. The van der Waals surface area contributed by atoms with Crippen molar-refractivity contribution in [3.8, 4) is 17.1 Å². The maximum atomic E-state index is 12.6. The van der Waals surface area contributed by atoms with Gasteiger partial charge in [-0.2, -0.15) is 9.50 Å². The summed E-state index contributed by atoms with van der Waals surface area (Å²) in [6, 6.07) is 15.4. The van der Waals surface area contributed by atoms with Crippen LogP contribution in [0.1, 0.15) is 18.9 Å². The molecule has 2 aromatic carbocycles. The van der Waals surface area contributed by atoms with Crippen molar-refractivity contribution in [3.05, 3.63) is 73.5 Å². The van der Waals surface area contributed by atoms with Gasteiger partial charge in [0.15, 0.2) is 5.82 Å². The van der Waals surface area contributed by atoms with Gasteiger partial charge in [-0.25, -0.2) is 0 Å². The van der Waals surface area contributed by atoms with Crippen molar-refractivity contribution in [2.45, 2.75) is 13.3 Å². The minimum Gasteiger partial charge on any atom is -0.494 e. The van der Waals surface area contributed by atoms with Gasteiger partial charge < -0.3 is 4.74 Å². The number of thiazole rings is 1. The number of hydrogen-bond acceptors (Lipinski definition) is 5. The topological polar surface area (TPSA) is 56.5 Å². The zero-order valence-corrected chi connectivity index (χ0v) is 17.0. The van der Waals surface area contributed by atoms with Crippen molar-refractivity contribution in [2.75, 3.05) is 6.61 Å². The Kier molecular flexibility index (Phi) is 5.05. The SMILES string of the molecule is CCCOc1ccc(-c2nc3s/c(=C\c4ccc(Br)cc4)c(=O)n3n2)cc1. The first-order valence-electron chi connectivity index (χ1n) is 8.54. The van der Waals surface area contributed by atoms with Gasteiger partial charge in [0.1, 0.15) is 5.75 Å². The predicted molar refractivity (Wildman–Crippen MR) is 111 cm³/mol. The molecule has 4 aromatic rings. The lowest BCUT2D eigenvalue weighted by molar-refractivity contribution is 0.317. The molecule has 0 bridgehead atoms. The monoisotopic (exact) mass is 441 g/mol. The molecule has 0 amide bonds. The summed E-state index contributed by atoms with van der Waals surface area (Å²) in [5.41, 5.74) is 1.66.